The summed E-state index contributed by atoms with van der Waals surface area (Å²) in [6, 6.07) is 0.120. The molecule has 4 heteroatoms. The number of hydrogen-bond donors (Lipinski definition) is 1. The van der Waals surface area contributed by atoms with Crippen molar-refractivity contribution in [2.45, 2.75) is 38.8 Å². The summed E-state index contributed by atoms with van der Waals surface area (Å²) in [6.45, 7) is 7.53. The number of epoxide rings is 1. The normalized spacial score (nSPS) is 27.1. The summed E-state index contributed by atoms with van der Waals surface area (Å²) in [7, 11) is 0. The van der Waals surface area contributed by atoms with E-state index >= 15 is 0 Å². The molecule has 82 valence electrons. The molecule has 4 nitrogen and oxygen atoms in total. The zero-order valence-electron chi connectivity index (χ0n) is 9.13. The van der Waals surface area contributed by atoms with Crippen molar-refractivity contribution in [3.63, 3.8) is 0 Å². The van der Waals surface area contributed by atoms with Crippen LogP contribution in [0.3, 0.4) is 0 Å². The Morgan fingerprint density at radius 1 is 1.71 bits per heavy atom. The smallest absolute Gasteiger partial charge is 0.217 e. The molecule has 0 aromatic rings. The average Bonchev–Trinajstić information content (AvgIpc) is 2.81. The van der Waals surface area contributed by atoms with E-state index in [-0.39, 0.29) is 17.6 Å². The monoisotopic (exact) mass is 201 g/mol. The van der Waals surface area contributed by atoms with Crippen LogP contribution < -0.4 is 5.32 Å². The van der Waals surface area contributed by atoms with Crippen LogP contribution in [-0.2, 0) is 14.3 Å². The maximum absolute atomic E-state index is 10.8. The van der Waals surface area contributed by atoms with Crippen LogP contribution in [0.5, 0.6) is 0 Å². The van der Waals surface area contributed by atoms with Crippen LogP contribution in [0.2, 0.25) is 0 Å². The molecule has 0 bridgehead atoms. The van der Waals surface area contributed by atoms with E-state index in [0.29, 0.717) is 13.2 Å². The highest BCUT2D eigenvalue weighted by Gasteiger charge is 2.39. The van der Waals surface area contributed by atoms with Gasteiger partial charge in [0.05, 0.1) is 25.9 Å². The van der Waals surface area contributed by atoms with Crippen LogP contribution in [0, 0.1) is 0 Å². The lowest BCUT2D eigenvalue weighted by atomic mass is 10.2. The minimum atomic E-state index is -0.0610. The lowest BCUT2D eigenvalue weighted by molar-refractivity contribution is -0.120. The van der Waals surface area contributed by atoms with Crippen molar-refractivity contribution >= 4 is 5.91 Å². The van der Waals surface area contributed by atoms with Gasteiger partial charge >= 0.3 is 0 Å². The van der Waals surface area contributed by atoms with Crippen LogP contribution in [0.1, 0.15) is 27.2 Å². The fourth-order valence-electron chi connectivity index (χ4n) is 1.17. The Labute approximate surface area is 85.0 Å². The maximum Gasteiger partial charge on any atom is 0.217 e. The molecule has 0 aromatic carbocycles. The van der Waals surface area contributed by atoms with Crippen molar-refractivity contribution in [2.24, 2.45) is 0 Å². The third kappa shape index (κ3) is 4.07. The number of amides is 1. The molecule has 0 radical (unpaired) electrons. The Morgan fingerprint density at radius 3 is 2.79 bits per heavy atom. The molecule has 1 heterocycles. The third-order valence-electron chi connectivity index (χ3n) is 2.26. The molecule has 1 N–H and O–H groups in total. The van der Waals surface area contributed by atoms with Crippen molar-refractivity contribution in [1.82, 2.24) is 5.32 Å². The van der Waals surface area contributed by atoms with Gasteiger partial charge in [-0.05, 0) is 13.3 Å². The number of nitrogens with one attached hydrogen (secondary N) is 1. The molecule has 1 fully saturated rings. The predicted octanol–water partition coefficient (Wildman–Crippen LogP) is 0.707. The highest BCUT2D eigenvalue weighted by atomic mass is 16.6. The standard InChI is InChI=1S/C10H19NO3/c1-4-9(11-8(2)12)5-13-6-10(3)7-14-10/h9H,4-7H2,1-3H3,(H,11,12). The first kappa shape index (κ1) is 11.5. The predicted molar refractivity (Wildman–Crippen MR) is 53.1 cm³/mol. The lowest BCUT2D eigenvalue weighted by Crippen LogP contribution is -2.37. The summed E-state index contributed by atoms with van der Waals surface area (Å²) in [5.74, 6) is -0.00525. The van der Waals surface area contributed by atoms with Gasteiger partial charge in [0.15, 0.2) is 0 Å². The summed E-state index contributed by atoms with van der Waals surface area (Å²) in [6.07, 6.45) is 0.886. The third-order valence-corrected chi connectivity index (χ3v) is 2.26. The molecule has 0 aliphatic carbocycles. The maximum atomic E-state index is 10.8. The van der Waals surface area contributed by atoms with Crippen molar-refractivity contribution in [3.8, 4) is 0 Å². The molecule has 0 spiro atoms. The van der Waals surface area contributed by atoms with Crippen molar-refractivity contribution in [3.05, 3.63) is 0 Å². The van der Waals surface area contributed by atoms with Gasteiger partial charge in [0.2, 0.25) is 5.91 Å². The van der Waals surface area contributed by atoms with Gasteiger partial charge in [0.25, 0.3) is 0 Å². The summed E-state index contributed by atoms with van der Waals surface area (Å²) in [4.78, 5) is 10.8. The van der Waals surface area contributed by atoms with E-state index in [1.807, 2.05) is 13.8 Å². The van der Waals surface area contributed by atoms with Gasteiger partial charge in [-0.15, -0.1) is 0 Å². The number of rotatable bonds is 6. The Balaban J connectivity index is 2.10. The molecule has 0 saturated carbocycles. The number of carbonyl (C=O) groups excluding carboxylic acids is 1. The fourth-order valence-corrected chi connectivity index (χ4v) is 1.17. The van der Waals surface area contributed by atoms with Gasteiger partial charge in [-0.2, -0.15) is 0 Å². The molecule has 2 atom stereocenters. The molecule has 1 aliphatic rings. The van der Waals surface area contributed by atoms with Gasteiger partial charge < -0.3 is 14.8 Å². The van der Waals surface area contributed by atoms with Gasteiger partial charge in [-0.3, -0.25) is 4.79 Å². The quantitative estimate of drug-likeness (QED) is 0.644. The van der Waals surface area contributed by atoms with Crippen molar-refractivity contribution in [2.75, 3.05) is 19.8 Å². The van der Waals surface area contributed by atoms with E-state index in [1.54, 1.807) is 0 Å². The Bertz CT molecular complexity index is 202. The first-order valence-corrected chi connectivity index (χ1v) is 5.04. The molecular formula is C10H19NO3. The van der Waals surface area contributed by atoms with Crippen LogP contribution in [0.4, 0.5) is 0 Å². The molecule has 1 amide bonds. The highest BCUT2D eigenvalue weighted by molar-refractivity contribution is 5.73. The van der Waals surface area contributed by atoms with Gasteiger partial charge in [-0.25, -0.2) is 0 Å². The van der Waals surface area contributed by atoms with E-state index in [9.17, 15) is 4.79 Å². The van der Waals surface area contributed by atoms with Crippen LogP contribution in [-0.4, -0.2) is 37.4 Å². The van der Waals surface area contributed by atoms with E-state index in [0.717, 1.165) is 13.0 Å². The van der Waals surface area contributed by atoms with E-state index in [4.69, 9.17) is 9.47 Å². The molecule has 0 aromatic heterocycles. The topological polar surface area (TPSA) is 50.9 Å². The summed E-state index contributed by atoms with van der Waals surface area (Å²) >= 11 is 0. The minimum Gasteiger partial charge on any atom is -0.376 e. The Morgan fingerprint density at radius 2 is 2.36 bits per heavy atom. The zero-order chi connectivity index (χ0) is 10.6. The molecular weight excluding hydrogens is 182 g/mol. The summed E-state index contributed by atoms with van der Waals surface area (Å²) < 4.78 is 10.7. The second-order valence-corrected chi connectivity index (χ2v) is 4.06. The first-order valence-electron chi connectivity index (χ1n) is 5.04. The highest BCUT2D eigenvalue weighted by Crippen LogP contribution is 2.25. The molecule has 14 heavy (non-hydrogen) atoms. The lowest BCUT2D eigenvalue weighted by Gasteiger charge is -2.16. The van der Waals surface area contributed by atoms with Crippen molar-refractivity contribution < 1.29 is 14.3 Å². The molecule has 1 saturated heterocycles. The number of hydrogen-bond acceptors (Lipinski definition) is 3. The van der Waals surface area contributed by atoms with Crippen LogP contribution in [0.25, 0.3) is 0 Å². The van der Waals surface area contributed by atoms with Gasteiger partial charge in [0, 0.05) is 6.92 Å². The van der Waals surface area contributed by atoms with Crippen molar-refractivity contribution in [1.29, 1.82) is 0 Å². The Kier molecular flexibility index (Phi) is 3.89. The molecule has 1 rings (SSSR count). The van der Waals surface area contributed by atoms with Crippen LogP contribution in [0.15, 0.2) is 0 Å². The summed E-state index contributed by atoms with van der Waals surface area (Å²) in [5, 5.41) is 2.83. The van der Waals surface area contributed by atoms with E-state index in [1.165, 1.54) is 6.92 Å². The van der Waals surface area contributed by atoms with Gasteiger partial charge in [-0.1, -0.05) is 6.92 Å². The van der Waals surface area contributed by atoms with E-state index < -0.39 is 0 Å². The molecule has 2 unspecified atom stereocenters. The first-order chi connectivity index (χ1) is 6.56. The van der Waals surface area contributed by atoms with Gasteiger partial charge in [0.1, 0.15) is 5.60 Å². The Hall–Kier alpha value is -0.610. The SMILES string of the molecule is CCC(COCC1(C)CO1)NC(C)=O. The van der Waals surface area contributed by atoms with Crippen LogP contribution >= 0.6 is 0 Å². The fraction of sp³-hybridized carbons (Fsp3) is 0.900. The zero-order valence-corrected chi connectivity index (χ0v) is 9.13. The number of ether oxygens (including phenoxy) is 2. The molecule has 1 aliphatic heterocycles. The average molecular weight is 201 g/mol. The summed E-state index contributed by atoms with van der Waals surface area (Å²) in [5.41, 5.74) is -0.0610. The number of carbonyl (C=O) groups is 1. The second kappa shape index (κ2) is 4.75. The second-order valence-electron chi connectivity index (χ2n) is 4.06. The van der Waals surface area contributed by atoms with E-state index in [2.05, 4.69) is 5.32 Å². The minimum absolute atomic E-state index is 0.00525. The largest absolute Gasteiger partial charge is 0.376 e.